The molecule has 0 aromatic heterocycles. The van der Waals surface area contributed by atoms with E-state index in [1.165, 1.54) is 4.90 Å². The molecule has 3 aromatic carbocycles. The molecule has 0 aliphatic heterocycles. The highest BCUT2D eigenvalue weighted by Crippen LogP contribution is 2.37. The SMILES string of the molecule is COc1cc2ccccc2cc1N(C(N)=O)c1ccc(C)cc1. The van der Waals surface area contributed by atoms with Crippen LogP contribution in [0.25, 0.3) is 10.8 Å². The van der Waals surface area contributed by atoms with Gasteiger partial charge in [-0.3, -0.25) is 4.90 Å². The second-order valence-corrected chi connectivity index (χ2v) is 5.38. The summed E-state index contributed by atoms with van der Waals surface area (Å²) in [6, 6.07) is 18.8. The largest absolute Gasteiger partial charge is 0.495 e. The fourth-order valence-electron chi connectivity index (χ4n) is 2.62. The monoisotopic (exact) mass is 306 g/mol. The van der Waals surface area contributed by atoms with Gasteiger partial charge >= 0.3 is 6.03 Å². The first-order valence-electron chi connectivity index (χ1n) is 7.33. The third-order valence-electron chi connectivity index (χ3n) is 3.80. The molecule has 3 rings (SSSR count). The maximum atomic E-state index is 12.1. The van der Waals surface area contributed by atoms with Gasteiger partial charge in [0.2, 0.25) is 0 Å². The summed E-state index contributed by atoms with van der Waals surface area (Å²) in [6.07, 6.45) is 0. The summed E-state index contributed by atoms with van der Waals surface area (Å²) in [4.78, 5) is 13.5. The van der Waals surface area contributed by atoms with Gasteiger partial charge in [-0.1, -0.05) is 42.0 Å². The zero-order chi connectivity index (χ0) is 16.4. The van der Waals surface area contributed by atoms with Crippen LogP contribution in [-0.2, 0) is 0 Å². The number of primary amides is 1. The number of hydrogen-bond acceptors (Lipinski definition) is 2. The van der Waals surface area contributed by atoms with Crippen molar-refractivity contribution in [3.8, 4) is 5.75 Å². The highest BCUT2D eigenvalue weighted by Gasteiger charge is 2.19. The van der Waals surface area contributed by atoms with Crippen molar-refractivity contribution in [3.05, 3.63) is 66.2 Å². The standard InChI is InChI=1S/C19H18N2O2/c1-13-7-9-16(10-8-13)21(19(20)22)17-11-14-5-3-4-6-15(14)12-18(17)23-2/h3-12H,1-2H3,(H2,20,22). The Morgan fingerprint density at radius 1 is 1.00 bits per heavy atom. The summed E-state index contributed by atoms with van der Waals surface area (Å²) < 4.78 is 5.48. The Labute approximate surface area is 135 Å². The van der Waals surface area contributed by atoms with Crippen molar-refractivity contribution in [2.75, 3.05) is 12.0 Å². The molecule has 0 heterocycles. The van der Waals surface area contributed by atoms with Crippen molar-refractivity contribution in [2.45, 2.75) is 6.92 Å². The summed E-state index contributed by atoms with van der Waals surface area (Å²) in [5.41, 5.74) is 8.09. The highest BCUT2D eigenvalue weighted by atomic mass is 16.5. The van der Waals surface area contributed by atoms with Crippen LogP contribution in [0.4, 0.5) is 16.2 Å². The fraction of sp³-hybridized carbons (Fsp3) is 0.105. The zero-order valence-electron chi connectivity index (χ0n) is 13.1. The molecule has 4 nitrogen and oxygen atoms in total. The average molecular weight is 306 g/mol. The van der Waals surface area contributed by atoms with Crippen LogP contribution in [0.3, 0.4) is 0 Å². The molecule has 0 unspecified atom stereocenters. The molecule has 0 aliphatic rings. The van der Waals surface area contributed by atoms with Crippen molar-refractivity contribution in [1.29, 1.82) is 0 Å². The number of anilines is 2. The van der Waals surface area contributed by atoms with E-state index in [2.05, 4.69) is 0 Å². The van der Waals surface area contributed by atoms with E-state index in [9.17, 15) is 4.79 Å². The summed E-state index contributed by atoms with van der Waals surface area (Å²) >= 11 is 0. The molecule has 2 N–H and O–H groups in total. The van der Waals surface area contributed by atoms with Gasteiger partial charge in [0.25, 0.3) is 0 Å². The van der Waals surface area contributed by atoms with E-state index in [4.69, 9.17) is 10.5 Å². The molecular formula is C19H18N2O2. The lowest BCUT2D eigenvalue weighted by Crippen LogP contribution is -2.31. The summed E-state index contributed by atoms with van der Waals surface area (Å²) in [5, 5.41) is 2.06. The molecule has 0 spiro atoms. The lowest BCUT2D eigenvalue weighted by Gasteiger charge is -2.23. The molecular weight excluding hydrogens is 288 g/mol. The Hall–Kier alpha value is -3.01. The Morgan fingerprint density at radius 2 is 1.61 bits per heavy atom. The third-order valence-corrected chi connectivity index (χ3v) is 3.80. The normalized spacial score (nSPS) is 10.5. The van der Waals surface area contributed by atoms with Crippen LogP contribution in [0.1, 0.15) is 5.56 Å². The van der Waals surface area contributed by atoms with Gasteiger partial charge < -0.3 is 10.5 Å². The molecule has 0 atom stereocenters. The highest BCUT2D eigenvalue weighted by molar-refractivity contribution is 6.02. The number of carbonyl (C=O) groups excluding carboxylic acids is 1. The molecule has 23 heavy (non-hydrogen) atoms. The molecule has 0 fully saturated rings. The predicted molar refractivity (Wildman–Crippen MR) is 93.4 cm³/mol. The number of fused-ring (bicyclic) bond motifs is 1. The lowest BCUT2D eigenvalue weighted by molar-refractivity contribution is 0.256. The topological polar surface area (TPSA) is 55.6 Å². The van der Waals surface area contributed by atoms with Gasteiger partial charge in [0.15, 0.2) is 0 Å². The minimum absolute atomic E-state index is 0.553. The first-order valence-corrected chi connectivity index (χ1v) is 7.33. The van der Waals surface area contributed by atoms with Gasteiger partial charge in [0.05, 0.1) is 18.5 Å². The van der Waals surface area contributed by atoms with Crippen molar-refractivity contribution in [3.63, 3.8) is 0 Å². The number of ether oxygens (including phenoxy) is 1. The molecule has 0 radical (unpaired) electrons. The molecule has 4 heteroatoms. The van der Waals surface area contributed by atoms with E-state index >= 15 is 0 Å². The number of benzene rings is 3. The maximum Gasteiger partial charge on any atom is 0.324 e. The number of nitrogens with two attached hydrogens (primary N) is 1. The van der Waals surface area contributed by atoms with Gasteiger partial charge in [-0.05, 0) is 42.0 Å². The minimum atomic E-state index is -0.553. The molecule has 0 saturated heterocycles. The van der Waals surface area contributed by atoms with E-state index in [0.29, 0.717) is 17.1 Å². The number of amides is 2. The van der Waals surface area contributed by atoms with E-state index in [-0.39, 0.29) is 0 Å². The smallest absolute Gasteiger partial charge is 0.324 e. The summed E-state index contributed by atoms with van der Waals surface area (Å²) in [5.74, 6) is 0.600. The van der Waals surface area contributed by atoms with Crippen LogP contribution in [0.15, 0.2) is 60.7 Å². The number of nitrogens with zero attached hydrogens (tertiary/aromatic N) is 1. The Morgan fingerprint density at radius 3 is 2.17 bits per heavy atom. The van der Waals surface area contributed by atoms with Crippen molar-refractivity contribution in [1.82, 2.24) is 0 Å². The molecule has 3 aromatic rings. The molecule has 2 amide bonds. The quantitative estimate of drug-likeness (QED) is 0.781. The number of urea groups is 1. The summed E-state index contributed by atoms with van der Waals surface area (Å²) in [6.45, 7) is 2.00. The number of methoxy groups -OCH3 is 1. The van der Waals surface area contributed by atoms with E-state index in [0.717, 1.165) is 16.3 Å². The number of hydrogen-bond donors (Lipinski definition) is 1. The molecule has 0 aliphatic carbocycles. The first-order chi connectivity index (χ1) is 11.1. The van der Waals surface area contributed by atoms with Crippen LogP contribution in [0.5, 0.6) is 5.75 Å². The van der Waals surface area contributed by atoms with E-state index < -0.39 is 6.03 Å². The maximum absolute atomic E-state index is 12.1. The van der Waals surface area contributed by atoms with Gasteiger partial charge in [0.1, 0.15) is 5.75 Å². The van der Waals surface area contributed by atoms with Gasteiger partial charge in [-0.25, -0.2) is 4.79 Å². The van der Waals surface area contributed by atoms with Crippen LogP contribution < -0.4 is 15.4 Å². The predicted octanol–water partition coefficient (Wildman–Crippen LogP) is 4.37. The number of aryl methyl sites for hydroxylation is 1. The van der Waals surface area contributed by atoms with Crippen LogP contribution >= 0.6 is 0 Å². The van der Waals surface area contributed by atoms with Crippen molar-refractivity contribution < 1.29 is 9.53 Å². The summed E-state index contributed by atoms with van der Waals surface area (Å²) in [7, 11) is 1.59. The Kier molecular flexibility index (Phi) is 3.89. The van der Waals surface area contributed by atoms with Crippen molar-refractivity contribution >= 4 is 28.2 Å². The fourth-order valence-corrected chi connectivity index (χ4v) is 2.62. The second kappa shape index (κ2) is 6.01. The Balaban J connectivity index is 2.21. The van der Waals surface area contributed by atoms with Gasteiger partial charge in [-0.2, -0.15) is 0 Å². The van der Waals surface area contributed by atoms with Crippen LogP contribution in [0, 0.1) is 6.92 Å². The van der Waals surface area contributed by atoms with Crippen LogP contribution in [-0.4, -0.2) is 13.1 Å². The minimum Gasteiger partial charge on any atom is -0.495 e. The van der Waals surface area contributed by atoms with E-state index in [1.807, 2.05) is 67.6 Å². The zero-order valence-corrected chi connectivity index (χ0v) is 13.1. The third kappa shape index (κ3) is 2.83. The number of carbonyl (C=O) groups is 1. The molecule has 0 bridgehead atoms. The van der Waals surface area contributed by atoms with Crippen molar-refractivity contribution in [2.24, 2.45) is 5.73 Å². The molecule has 116 valence electrons. The van der Waals surface area contributed by atoms with E-state index in [1.54, 1.807) is 7.11 Å². The average Bonchev–Trinajstić information content (AvgIpc) is 2.56. The lowest BCUT2D eigenvalue weighted by atomic mass is 10.1. The van der Waals surface area contributed by atoms with Crippen LogP contribution in [0.2, 0.25) is 0 Å². The first kappa shape index (κ1) is 14.9. The Bertz CT molecular complexity index is 857. The van der Waals surface area contributed by atoms with Gasteiger partial charge in [-0.15, -0.1) is 0 Å². The molecule has 0 saturated carbocycles. The van der Waals surface area contributed by atoms with Gasteiger partial charge in [0, 0.05) is 0 Å². The number of rotatable bonds is 3. The second-order valence-electron chi connectivity index (χ2n) is 5.38.